The molecule has 1 heterocycles. The fraction of sp³-hybridized carbons (Fsp3) is 0.0526. The summed E-state index contributed by atoms with van der Waals surface area (Å²) < 4.78 is 0. The summed E-state index contributed by atoms with van der Waals surface area (Å²) >= 11 is 1.26. The van der Waals surface area contributed by atoms with E-state index in [2.05, 4.69) is 15.8 Å². The van der Waals surface area contributed by atoms with E-state index < -0.39 is 11.8 Å². The van der Waals surface area contributed by atoms with Crippen LogP contribution in [-0.4, -0.2) is 16.8 Å². The molecule has 0 unspecified atom stereocenters. The van der Waals surface area contributed by atoms with Crippen LogP contribution in [0.3, 0.4) is 0 Å². The molecule has 1 aromatic heterocycles. The quantitative estimate of drug-likeness (QED) is 0.700. The summed E-state index contributed by atoms with van der Waals surface area (Å²) in [5.74, 6) is -0.891. The van der Waals surface area contributed by atoms with Gasteiger partial charge < -0.3 is 0 Å². The van der Waals surface area contributed by atoms with E-state index >= 15 is 0 Å². The Balaban J connectivity index is 1.67. The monoisotopic (exact) mass is 362 g/mol. The van der Waals surface area contributed by atoms with Gasteiger partial charge in [0.2, 0.25) is 0 Å². The molecule has 3 aromatic rings. The smallest absolute Gasteiger partial charge is 0.267 e. The van der Waals surface area contributed by atoms with Gasteiger partial charge in [0.05, 0.1) is 17.3 Å². The molecule has 0 aliphatic carbocycles. The molecule has 0 saturated carbocycles. The van der Waals surface area contributed by atoms with Gasteiger partial charge in [-0.05, 0) is 31.2 Å². The lowest BCUT2D eigenvalue weighted by atomic mass is 10.1. The van der Waals surface area contributed by atoms with Crippen molar-refractivity contribution in [1.82, 2.24) is 15.8 Å². The first-order valence-electron chi connectivity index (χ1n) is 7.72. The van der Waals surface area contributed by atoms with Crippen LogP contribution < -0.4 is 10.9 Å². The van der Waals surface area contributed by atoms with Crippen molar-refractivity contribution >= 4 is 23.2 Å². The van der Waals surface area contributed by atoms with Gasteiger partial charge in [0, 0.05) is 11.1 Å². The molecule has 2 amide bonds. The number of benzene rings is 2. The fourth-order valence-corrected chi connectivity index (χ4v) is 3.22. The van der Waals surface area contributed by atoms with Crippen molar-refractivity contribution in [2.45, 2.75) is 6.92 Å². The third-order valence-electron chi connectivity index (χ3n) is 3.59. The van der Waals surface area contributed by atoms with Gasteiger partial charge in [-0.3, -0.25) is 20.4 Å². The van der Waals surface area contributed by atoms with Crippen LogP contribution in [0.4, 0.5) is 0 Å². The molecule has 0 fully saturated rings. The van der Waals surface area contributed by atoms with Crippen LogP contribution in [0.1, 0.15) is 31.3 Å². The maximum absolute atomic E-state index is 12.3. The van der Waals surface area contributed by atoms with Gasteiger partial charge in [-0.2, -0.15) is 5.26 Å². The van der Waals surface area contributed by atoms with Crippen molar-refractivity contribution in [3.8, 4) is 16.6 Å². The average Bonchev–Trinajstić information content (AvgIpc) is 3.08. The van der Waals surface area contributed by atoms with Crippen molar-refractivity contribution < 1.29 is 9.59 Å². The molecule has 0 aliphatic rings. The SMILES string of the molecule is Cc1nc(-c2ccccc2)sc1C(=O)NNC(=O)c1ccc(C#N)cc1. The Morgan fingerprint density at radius 2 is 1.65 bits per heavy atom. The van der Waals surface area contributed by atoms with Crippen LogP contribution in [-0.2, 0) is 0 Å². The fourth-order valence-electron chi connectivity index (χ4n) is 2.25. The summed E-state index contributed by atoms with van der Waals surface area (Å²) in [6.07, 6.45) is 0. The number of amides is 2. The molecular weight excluding hydrogens is 348 g/mol. The largest absolute Gasteiger partial charge is 0.281 e. The maximum Gasteiger partial charge on any atom is 0.281 e. The van der Waals surface area contributed by atoms with Gasteiger partial charge in [-0.25, -0.2) is 4.98 Å². The Morgan fingerprint density at radius 1 is 1.00 bits per heavy atom. The normalized spacial score (nSPS) is 10.0. The molecule has 26 heavy (non-hydrogen) atoms. The standard InChI is InChI=1S/C19H14N4O2S/c1-12-16(26-19(21-12)15-5-3-2-4-6-15)18(25)23-22-17(24)14-9-7-13(11-20)8-10-14/h2-10H,1H3,(H,22,24)(H,23,25). The number of hydrazine groups is 1. The lowest BCUT2D eigenvalue weighted by molar-refractivity contribution is 0.0848. The van der Waals surface area contributed by atoms with E-state index in [1.807, 2.05) is 36.4 Å². The zero-order valence-corrected chi connectivity index (χ0v) is 14.6. The number of rotatable bonds is 3. The van der Waals surface area contributed by atoms with Gasteiger partial charge in [0.25, 0.3) is 11.8 Å². The zero-order valence-electron chi connectivity index (χ0n) is 13.8. The van der Waals surface area contributed by atoms with Crippen LogP contribution >= 0.6 is 11.3 Å². The van der Waals surface area contributed by atoms with E-state index in [1.54, 1.807) is 6.92 Å². The molecule has 2 N–H and O–H groups in total. The second kappa shape index (κ2) is 7.59. The number of carbonyl (C=O) groups is 2. The molecule has 0 saturated heterocycles. The number of aromatic nitrogens is 1. The Morgan fingerprint density at radius 3 is 2.31 bits per heavy atom. The number of thiazole rings is 1. The molecule has 0 spiro atoms. The number of hydrogen-bond donors (Lipinski definition) is 2. The predicted octanol–water partition coefficient (Wildman–Crippen LogP) is 3.07. The number of carbonyl (C=O) groups excluding carboxylic acids is 2. The van der Waals surface area contributed by atoms with E-state index in [9.17, 15) is 9.59 Å². The molecule has 0 bridgehead atoms. The van der Waals surface area contributed by atoms with Crippen molar-refractivity contribution in [3.05, 3.63) is 76.3 Å². The van der Waals surface area contributed by atoms with Crippen LogP contribution in [0.25, 0.3) is 10.6 Å². The van der Waals surface area contributed by atoms with Crippen molar-refractivity contribution in [3.63, 3.8) is 0 Å². The first-order chi connectivity index (χ1) is 12.6. The Kier molecular flexibility index (Phi) is 5.06. The third kappa shape index (κ3) is 3.77. The Hall–Kier alpha value is -3.50. The van der Waals surface area contributed by atoms with Gasteiger partial charge in [0.1, 0.15) is 9.88 Å². The summed E-state index contributed by atoms with van der Waals surface area (Å²) in [5, 5.41) is 9.51. The van der Waals surface area contributed by atoms with E-state index in [1.165, 1.54) is 35.6 Å². The van der Waals surface area contributed by atoms with Crippen LogP contribution in [0.2, 0.25) is 0 Å². The Labute approximate surface area is 154 Å². The Bertz CT molecular complexity index is 989. The van der Waals surface area contributed by atoms with E-state index in [0.717, 1.165) is 10.6 Å². The molecule has 128 valence electrons. The van der Waals surface area contributed by atoms with Crippen molar-refractivity contribution in [1.29, 1.82) is 5.26 Å². The topological polar surface area (TPSA) is 94.9 Å². The minimum absolute atomic E-state index is 0.343. The summed E-state index contributed by atoms with van der Waals surface area (Å²) in [4.78, 5) is 29.3. The lowest BCUT2D eigenvalue weighted by Gasteiger charge is -2.06. The molecular formula is C19H14N4O2S. The van der Waals surface area contributed by atoms with Gasteiger partial charge in [-0.1, -0.05) is 30.3 Å². The van der Waals surface area contributed by atoms with E-state index in [-0.39, 0.29) is 0 Å². The summed E-state index contributed by atoms with van der Waals surface area (Å²) in [5.41, 5.74) is 7.10. The zero-order chi connectivity index (χ0) is 18.5. The van der Waals surface area contributed by atoms with Gasteiger partial charge in [-0.15, -0.1) is 11.3 Å². The predicted molar refractivity (Wildman–Crippen MR) is 98.4 cm³/mol. The summed E-state index contributed by atoms with van der Waals surface area (Å²) in [7, 11) is 0. The summed E-state index contributed by atoms with van der Waals surface area (Å²) in [6.45, 7) is 1.75. The molecule has 0 atom stereocenters. The van der Waals surface area contributed by atoms with Crippen molar-refractivity contribution in [2.24, 2.45) is 0 Å². The van der Waals surface area contributed by atoms with Gasteiger partial charge in [0.15, 0.2) is 0 Å². The van der Waals surface area contributed by atoms with Crippen LogP contribution in [0.5, 0.6) is 0 Å². The highest BCUT2D eigenvalue weighted by Crippen LogP contribution is 2.27. The molecule has 6 nitrogen and oxygen atoms in total. The highest BCUT2D eigenvalue weighted by molar-refractivity contribution is 7.17. The number of nitriles is 1. The first kappa shape index (κ1) is 17.3. The van der Waals surface area contributed by atoms with E-state index in [0.29, 0.717) is 21.7 Å². The van der Waals surface area contributed by atoms with E-state index in [4.69, 9.17) is 5.26 Å². The highest BCUT2D eigenvalue weighted by Gasteiger charge is 2.17. The third-order valence-corrected chi connectivity index (χ3v) is 4.79. The second-order valence-electron chi connectivity index (χ2n) is 5.40. The molecule has 7 heteroatoms. The molecule has 3 rings (SSSR count). The van der Waals surface area contributed by atoms with Crippen LogP contribution in [0, 0.1) is 18.3 Å². The summed E-state index contributed by atoms with van der Waals surface area (Å²) in [6, 6.07) is 17.7. The van der Waals surface area contributed by atoms with Crippen LogP contribution in [0.15, 0.2) is 54.6 Å². The second-order valence-corrected chi connectivity index (χ2v) is 6.40. The number of nitrogens with zero attached hydrogens (tertiary/aromatic N) is 2. The molecule has 0 radical (unpaired) electrons. The number of hydrogen-bond acceptors (Lipinski definition) is 5. The minimum Gasteiger partial charge on any atom is -0.267 e. The maximum atomic E-state index is 12.3. The average molecular weight is 362 g/mol. The number of aryl methyl sites for hydroxylation is 1. The minimum atomic E-state index is -0.465. The first-order valence-corrected chi connectivity index (χ1v) is 8.54. The molecule has 0 aliphatic heterocycles. The molecule has 2 aromatic carbocycles. The van der Waals surface area contributed by atoms with Gasteiger partial charge >= 0.3 is 0 Å². The number of nitrogens with one attached hydrogen (secondary N) is 2. The van der Waals surface area contributed by atoms with Crippen molar-refractivity contribution in [2.75, 3.05) is 0 Å². The highest BCUT2D eigenvalue weighted by atomic mass is 32.1. The lowest BCUT2D eigenvalue weighted by Crippen LogP contribution is -2.41.